The summed E-state index contributed by atoms with van der Waals surface area (Å²) in [5, 5.41) is 8.32. The summed E-state index contributed by atoms with van der Waals surface area (Å²) < 4.78 is 0. The molecular formula is C12H20O. The van der Waals surface area contributed by atoms with Gasteiger partial charge in [0.1, 0.15) is 0 Å². The van der Waals surface area contributed by atoms with Crippen molar-refractivity contribution < 1.29 is 5.11 Å². The number of hydrogen-bond acceptors (Lipinski definition) is 1. The number of aliphatic hydroxyl groups is 1. The van der Waals surface area contributed by atoms with E-state index in [2.05, 4.69) is 12.7 Å². The number of hydrogen-bond donors (Lipinski definition) is 1. The molecular weight excluding hydrogens is 160 g/mol. The van der Waals surface area contributed by atoms with Gasteiger partial charge in [-0.1, -0.05) is 31.1 Å². The van der Waals surface area contributed by atoms with Crippen molar-refractivity contribution in [3.05, 3.63) is 37.1 Å². The summed E-state index contributed by atoms with van der Waals surface area (Å²) >= 11 is 0. The monoisotopic (exact) mass is 180 g/mol. The fourth-order valence-corrected chi connectivity index (χ4v) is 1.13. The van der Waals surface area contributed by atoms with Crippen LogP contribution in [0.3, 0.4) is 0 Å². The Hall–Kier alpha value is -0.980. The zero-order valence-electron chi connectivity index (χ0n) is 8.28. The summed E-state index contributed by atoms with van der Waals surface area (Å²) in [5.74, 6) is 0. The van der Waals surface area contributed by atoms with Crippen LogP contribution in [0.2, 0.25) is 0 Å². The summed E-state index contributed by atoms with van der Waals surface area (Å²) in [5.41, 5.74) is 0. The van der Waals surface area contributed by atoms with Gasteiger partial charge in [0.25, 0.3) is 0 Å². The Labute approximate surface area is 81.5 Å². The Morgan fingerprint density at radius 1 is 0.923 bits per heavy atom. The van der Waals surface area contributed by atoms with E-state index in [0.29, 0.717) is 0 Å². The smallest absolute Gasteiger partial charge is 0.0791 e. The maximum Gasteiger partial charge on any atom is 0.0791 e. The summed E-state index contributed by atoms with van der Waals surface area (Å²) in [4.78, 5) is 0. The molecule has 1 heteroatoms. The first-order valence-corrected chi connectivity index (χ1v) is 4.98. The molecule has 0 heterocycles. The van der Waals surface area contributed by atoms with Crippen LogP contribution < -0.4 is 0 Å². The van der Waals surface area contributed by atoms with Gasteiger partial charge >= 0.3 is 0 Å². The van der Waals surface area contributed by atoms with Crippen LogP contribution in [0.15, 0.2) is 37.1 Å². The molecule has 1 N–H and O–H groups in total. The van der Waals surface area contributed by atoms with E-state index in [-0.39, 0.29) is 0 Å². The minimum Gasteiger partial charge on any atom is -0.516 e. The highest BCUT2D eigenvalue weighted by molar-refractivity contribution is 4.98. The molecule has 13 heavy (non-hydrogen) atoms. The topological polar surface area (TPSA) is 20.2 Å². The standard InChI is InChI=1S/C12H20O/c1-2-3-4-5-6-7-8-9-10-11-12-13/h2,9-13H,1,3-8H2. The maximum atomic E-state index is 8.32. The van der Waals surface area contributed by atoms with Crippen molar-refractivity contribution in [3.8, 4) is 0 Å². The van der Waals surface area contributed by atoms with Gasteiger partial charge in [0.2, 0.25) is 0 Å². The van der Waals surface area contributed by atoms with Gasteiger partial charge in [0, 0.05) is 0 Å². The first kappa shape index (κ1) is 12.0. The van der Waals surface area contributed by atoms with Crippen LogP contribution in [0, 0.1) is 0 Å². The summed E-state index contributed by atoms with van der Waals surface area (Å²) in [7, 11) is 0. The molecule has 0 aromatic heterocycles. The minimum atomic E-state index is 1.06. The van der Waals surface area contributed by atoms with Crippen molar-refractivity contribution in [3.63, 3.8) is 0 Å². The molecule has 0 saturated heterocycles. The van der Waals surface area contributed by atoms with Gasteiger partial charge < -0.3 is 5.11 Å². The summed E-state index contributed by atoms with van der Waals surface area (Å²) in [6.07, 6.45) is 16.0. The van der Waals surface area contributed by atoms with Crippen molar-refractivity contribution in [2.24, 2.45) is 0 Å². The van der Waals surface area contributed by atoms with Crippen LogP contribution in [0.5, 0.6) is 0 Å². The second-order valence-corrected chi connectivity index (χ2v) is 3.05. The van der Waals surface area contributed by atoms with Gasteiger partial charge in [-0.3, -0.25) is 0 Å². The highest BCUT2D eigenvalue weighted by Crippen LogP contribution is 2.05. The van der Waals surface area contributed by atoms with Gasteiger partial charge in [-0.15, -0.1) is 6.58 Å². The third kappa shape index (κ3) is 11.0. The number of rotatable bonds is 8. The molecule has 0 aliphatic carbocycles. The van der Waals surface area contributed by atoms with Crippen LogP contribution in [0.4, 0.5) is 0 Å². The van der Waals surface area contributed by atoms with E-state index in [4.69, 9.17) is 5.11 Å². The fraction of sp³-hybridized carbons (Fsp3) is 0.500. The molecule has 0 rings (SSSR count). The molecule has 0 saturated carbocycles. The zero-order valence-corrected chi connectivity index (χ0v) is 8.28. The van der Waals surface area contributed by atoms with Crippen LogP contribution in [-0.4, -0.2) is 5.11 Å². The molecule has 0 radical (unpaired) electrons. The van der Waals surface area contributed by atoms with E-state index in [1.54, 1.807) is 6.08 Å². The lowest BCUT2D eigenvalue weighted by molar-refractivity contribution is 0.473. The maximum absolute atomic E-state index is 8.32. The van der Waals surface area contributed by atoms with E-state index in [1.807, 2.05) is 12.2 Å². The molecule has 0 bridgehead atoms. The molecule has 0 unspecified atom stereocenters. The van der Waals surface area contributed by atoms with E-state index >= 15 is 0 Å². The third-order valence-electron chi connectivity index (χ3n) is 1.86. The zero-order chi connectivity index (χ0) is 9.78. The van der Waals surface area contributed by atoms with Gasteiger partial charge in [0.15, 0.2) is 0 Å². The van der Waals surface area contributed by atoms with E-state index in [0.717, 1.165) is 19.1 Å². The molecule has 0 spiro atoms. The van der Waals surface area contributed by atoms with Crippen molar-refractivity contribution in [1.82, 2.24) is 0 Å². The van der Waals surface area contributed by atoms with Gasteiger partial charge in [-0.25, -0.2) is 0 Å². The molecule has 0 aromatic carbocycles. The number of allylic oxidation sites excluding steroid dienone is 4. The van der Waals surface area contributed by atoms with E-state index in [1.165, 1.54) is 25.7 Å². The largest absolute Gasteiger partial charge is 0.516 e. The average molecular weight is 180 g/mol. The van der Waals surface area contributed by atoms with Crippen molar-refractivity contribution >= 4 is 0 Å². The van der Waals surface area contributed by atoms with Crippen LogP contribution in [-0.2, 0) is 0 Å². The van der Waals surface area contributed by atoms with Crippen LogP contribution >= 0.6 is 0 Å². The molecule has 0 aromatic rings. The lowest BCUT2D eigenvalue weighted by atomic mass is 10.1. The Kier molecular flexibility index (Phi) is 10.2. The summed E-state index contributed by atoms with van der Waals surface area (Å²) in [6.45, 7) is 3.69. The van der Waals surface area contributed by atoms with Crippen LogP contribution in [0.1, 0.15) is 38.5 Å². The quantitative estimate of drug-likeness (QED) is 0.257. The predicted octanol–water partition coefficient (Wildman–Crippen LogP) is 4.14. The highest BCUT2D eigenvalue weighted by atomic mass is 16.2. The molecule has 0 atom stereocenters. The van der Waals surface area contributed by atoms with Crippen molar-refractivity contribution in [2.45, 2.75) is 38.5 Å². The minimum absolute atomic E-state index is 1.06. The average Bonchev–Trinajstić information content (AvgIpc) is 2.16. The SMILES string of the molecule is C=CCCCCCCC=CC=CO. The Morgan fingerprint density at radius 3 is 2.23 bits per heavy atom. The summed E-state index contributed by atoms with van der Waals surface area (Å²) in [6, 6.07) is 0. The van der Waals surface area contributed by atoms with Gasteiger partial charge in [-0.2, -0.15) is 0 Å². The molecule has 1 nitrogen and oxygen atoms in total. The molecule has 0 amide bonds. The van der Waals surface area contributed by atoms with E-state index < -0.39 is 0 Å². The first-order valence-electron chi connectivity index (χ1n) is 4.98. The number of unbranched alkanes of at least 4 members (excludes halogenated alkanes) is 5. The molecule has 0 fully saturated rings. The highest BCUT2D eigenvalue weighted by Gasteiger charge is 1.86. The predicted molar refractivity (Wildman–Crippen MR) is 58.8 cm³/mol. The lowest BCUT2D eigenvalue weighted by Gasteiger charge is -1.95. The lowest BCUT2D eigenvalue weighted by Crippen LogP contribution is -1.76. The molecule has 0 aliphatic rings. The molecule has 0 aliphatic heterocycles. The fourth-order valence-electron chi connectivity index (χ4n) is 1.13. The van der Waals surface area contributed by atoms with Gasteiger partial charge in [0.05, 0.1) is 6.26 Å². The van der Waals surface area contributed by atoms with E-state index in [9.17, 15) is 0 Å². The second-order valence-electron chi connectivity index (χ2n) is 3.05. The second kappa shape index (κ2) is 11.0. The third-order valence-corrected chi connectivity index (χ3v) is 1.86. The molecule has 74 valence electrons. The van der Waals surface area contributed by atoms with Gasteiger partial charge in [-0.05, 0) is 31.8 Å². The normalized spacial score (nSPS) is 11.4. The Balaban J connectivity index is 3.03. The first-order chi connectivity index (χ1) is 6.41. The van der Waals surface area contributed by atoms with Crippen molar-refractivity contribution in [2.75, 3.05) is 0 Å². The Bertz CT molecular complexity index is 157. The Morgan fingerprint density at radius 2 is 1.62 bits per heavy atom. The van der Waals surface area contributed by atoms with Crippen molar-refractivity contribution in [1.29, 1.82) is 0 Å². The number of aliphatic hydroxyl groups excluding tert-OH is 1. The van der Waals surface area contributed by atoms with Crippen LogP contribution in [0.25, 0.3) is 0 Å².